The van der Waals surface area contributed by atoms with Gasteiger partial charge in [0.05, 0.1) is 23.6 Å². The Morgan fingerprint density at radius 2 is 1.84 bits per heavy atom. The molecule has 2 aliphatic carbocycles. The number of anilines is 2. The van der Waals surface area contributed by atoms with E-state index in [1.54, 1.807) is 19.5 Å². The lowest BCUT2D eigenvalue weighted by molar-refractivity contribution is -0.138. The SMILES string of the molecule is CO[C@H]1C[C@](c2cc(NC3CCCC3)nc(N3Cc4c(cc(CN5CCN(C)C[C@@H]5C(C)C)cc4C(F)(F)F)C3=O)c2)(c2nncn2C)C1. The Morgan fingerprint density at radius 1 is 1.08 bits per heavy atom. The van der Waals surface area contributed by atoms with Crippen molar-refractivity contribution in [1.82, 2.24) is 29.5 Å². The quantitative estimate of drug-likeness (QED) is 0.312. The standard InChI is InChI=1S/C36H47F3N8O2/c1-22(2)30-20-44(3)10-11-46(30)18-23-12-27-28(29(13-23)36(37,38)39)19-47(33(27)48)32-15-24(14-31(42-32)41-25-8-6-7-9-25)35(16-26(17-35)49-5)34-43-40-21-45(34)4/h12-15,21-22,25-26,30H,6-11,16-20H2,1-5H3,(H,41,42)/t26-,30-,35-/m1/s1. The number of aryl methyl sites for hydroxylation is 1. The summed E-state index contributed by atoms with van der Waals surface area (Å²) in [7, 11) is 5.67. The summed E-state index contributed by atoms with van der Waals surface area (Å²) >= 11 is 0. The maximum atomic E-state index is 14.7. The van der Waals surface area contributed by atoms with Crippen LogP contribution in [-0.2, 0) is 36.5 Å². The number of amides is 1. The number of carbonyl (C=O) groups excluding carboxylic acids is 1. The fourth-order valence-electron chi connectivity index (χ4n) is 8.48. The van der Waals surface area contributed by atoms with Gasteiger partial charge in [-0.3, -0.25) is 14.6 Å². The number of benzene rings is 1. The molecule has 10 nitrogen and oxygen atoms in total. The van der Waals surface area contributed by atoms with Gasteiger partial charge in [-0.15, -0.1) is 10.2 Å². The number of fused-ring (bicyclic) bond motifs is 1. The van der Waals surface area contributed by atoms with Gasteiger partial charge in [-0.05, 0) is 79.6 Å². The summed E-state index contributed by atoms with van der Waals surface area (Å²) in [5.41, 5.74) is 0.197. The van der Waals surface area contributed by atoms with Crippen molar-refractivity contribution in [3.05, 3.63) is 64.2 Å². The van der Waals surface area contributed by atoms with Gasteiger partial charge in [-0.2, -0.15) is 13.2 Å². The summed E-state index contributed by atoms with van der Waals surface area (Å²) in [5, 5.41) is 12.2. The Labute approximate surface area is 286 Å². The van der Waals surface area contributed by atoms with Crippen LogP contribution in [0.2, 0.25) is 0 Å². The second-order valence-corrected chi connectivity index (χ2v) is 14.9. The first kappa shape index (κ1) is 33.9. The van der Waals surface area contributed by atoms with Crippen LogP contribution < -0.4 is 10.2 Å². The smallest absolute Gasteiger partial charge is 0.381 e. The average molecular weight is 681 g/mol. The van der Waals surface area contributed by atoms with E-state index in [1.165, 1.54) is 11.0 Å². The number of halogens is 3. The molecule has 1 N–H and O–H groups in total. The maximum absolute atomic E-state index is 14.7. The molecule has 7 rings (SSSR count). The first-order valence-electron chi connectivity index (χ1n) is 17.5. The number of nitrogens with zero attached hydrogens (tertiary/aromatic N) is 7. The number of piperazine rings is 1. The predicted octanol–water partition coefficient (Wildman–Crippen LogP) is 5.61. The molecule has 4 heterocycles. The Kier molecular flexibility index (Phi) is 8.98. The van der Waals surface area contributed by atoms with Crippen LogP contribution in [0.4, 0.5) is 24.8 Å². The molecular weight excluding hydrogens is 633 g/mol. The Morgan fingerprint density at radius 3 is 2.49 bits per heavy atom. The van der Waals surface area contributed by atoms with Crippen LogP contribution in [0.1, 0.15) is 90.8 Å². The number of ether oxygens (including phenoxy) is 1. The third kappa shape index (κ3) is 6.33. The molecule has 2 aromatic heterocycles. The summed E-state index contributed by atoms with van der Waals surface area (Å²) in [4.78, 5) is 25.1. The number of carbonyl (C=O) groups is 1. The van der Waals surface area contributed by atoms with Crippen LogP contribution in [0.15, 0.2) is 30.6 Å². The molecule has 4 aliphatic rings. The number of alkyl halides is 3. The lowest BCUT2D eigenvalue weighted by Gasteiger charge is -2.46. The van der Waals surface area contributed by atoms with Gasteiger partial charge in [0, 0.05) is 58.0 Å². The first-order valence-corrected chi connectivity index (χ1v) is 17.5. The normalized spacial score (nSPS) is 25.3. The Balaban J connectivity index is 1.27. The zero-order valence-corrected chi connectivity index (χ0v) is 29.1. The van der Waals surface area contributed by atoms with Crippen molar-refractivity contribution in [3.63, 3.8) is 0 Å². The fourth-order valence-corrected chi connectivity index (χ4v) is 8.48. The van der Waals surface area contributed by atoms with Gasteiger partial charge >= 0.3 is 6.18 Å². The zero-order valence-electron chi connectivity index (χ0n) is 29.1. The summed E-state index contributed by atoms with van der Waals surface area (Å²) in [5.74, 6) is 1.58. The third-order valence-corrected chi connectivity index (χ3v) is 11.3. The highest BCUT2D eigenvalue weighted by Gasteiger charge is 2.51. The van der Waals surface area contributed by atoms with Crippen molar-refractivity contribution in [2.75, 3.05) is 44.0 Å². The third-order valence-electron chi connectivity index (χ3n) is 11.3. The molecule has 0 unspecified atom stereocenters. The van der Waals surface area contributed by atoms with Crippen LogP contribution in [0.5, 0.6) is 0 Å². The van der Waals surface area contributed by atoms with E-state index in [1.807, 2.05) is 23.7 Å². The van der Waals surface area contributed by atoms with Gasteiger partial charge in [0.1, 0.15) is 23.8 Å². The summed E-state index contributed by atoms with van der Waals surface area (Å²) in [6.45, 7) is 6.88. The van der Waals surface area contributed by atoms with Gasteiger partial charge in [0.25, 0.3) is 5.91 Å². The predicted molar refractivity (Wildman–Crippen MR) is 180 cm³/mol. The van der Waals surface area contributed by atoms with Crippen molar-refractivity contribution in [2.45, 2.75) is 95.2 Å². The lowest BCUT2D eigenvalue weighted by atomic mass is 9.62. The molecule has 49 heavy (non-hydrogen) atoms. The molecule has 0 spiro atoms. The highest BCUT2D eigenvalue weighted by Crippen LogP contribution is 2.51. The minimum Gasteiger partial charge on any atom is -0.381 e. The fraction of sp³-hybridized carbons (Fsp3) is 0.611. The van der Waals surface area contributed by atoms with Gasteiger partial charge in [0.15, 0.2) is 0 Å². The molecule has 13 heteroatoms. The summed E-state index contributed by atoms with van der Waals surface area (Å²) < 4.78 is 51.8. The number of nitrogens with one attached hydrogen (secondary N) is 1. The molecule has 2 aliphatic heterocycles. The van der Waals surface area contributed by atoms with E-state index in [0.29, 0.717) is 42.5 Å². The van der Waals surface area contributed by atoms with E-state index in [4.69, 9.17) is 9.72 Å². The number of pyridine rings is 1. The number of hydrogen-bond donors (Lipinski definition) is 1. The van der Waals surface area contributed by atoms with Crippen molar-refractivity contribution >= 4 is 17.5 Å². The van der Waals surface area contributed by atoms with Gasteiger partial charge < -0.3 is 19.5 Å². The van der Waals surface area contributed by atoms with Gasteiger partial charge in [-0.1, -0.05) is 26.7 Å². The van der Waals surface area contributed by atoms with E-state index in [2.05, 4.69) is 46.2 Å². The number of rotatable bonds is 9. The van der Waals surface area contributed by atoms with E-state index in [-0.39, 0.29) is 35.9 Å². The van der Waals surface area contributed by atoms with Crippen molar-refractivity contribution in [2.24, 2.45) is 13.0 Å². The molecule has 1 saturated heterocycles. The molecule has 2 saturated carbocycles. The molecule has 1 amide bonds. The first-order chi connectivity index (χ1) is 23.4. The average Bonchev–Trinajstić information content (AvgIpc) is 3.78. The molecular formula is C36H47F3N8O2. The van der Waals surface area contributed by atoms with E-state index in [0.717, 1.165) is 56.7 Å². The Bertz CT molecular complexity index is 1700. The second-order valence-electron chi connectivity index (χ2n) is 14.9. The van der Waals surface area contributed by atoms with Gasteiger partial charge in [0.2, 0.25) is 0 Å². The topological polar surface area (TPSA) is 91.7 Å². The van der Waals surface area contributed by atoms with Crippen molar-refractivity contribution in [3.8, 4) is 0 Å². The zero-order chi connectivity index (χ0) is 34.7. The summed E-state index contributed by atoms with van der Waals surface area (Å²) in [6.07, 6.45) is 2.64. The number of aromatic nitrogens is 4. The van der Waals surface area contributed by atoms with E-state index >= 15 is 0 Å². The van der Waals surface area contributed by atoms with Crippen molar-refractivity contribution < 1.29 is 22.7 Å². The minimum absolute atomic E-state index is 0.00338. The largest absolute Gasteiger partial charge is 0.416 e. The Hall–Kier alpha value is -3.55. The second kappa shape index (κ2) is 13.0. The molecule has 3 fully saturated rings. The highest BCUT2D eigenvalue weighted by molar-refractivity contribution is 6.10. The van der Waals surface area contributed by atoms with Crippen LogP contribution in [0.25, 0.3) is 0 Å². The molecule has 264 valence electrons. The lowest BCUT2D eigenvalue weighted by Crippen LogP contribution is -2.53. The van der Waals surface area contributed by atoms with E-state index < -0.39 is 23.1 Å². The molecule has 1 atom stereocenters. The van der Waals surface area contributed by atoms with Crippen LogP contribution in [0, 0.1) is 5.92 Å². The molecule has 3 aromatic rings. The number of likely N-dealkylation sites (N-methyl/N-ethyl adjacent to an activating group) is 1. The summed E-state index contributed by atoms with van der Waals surface area (Å²) in [6, 6.07) is 7.25. The number of methoxy groups -OCH3 is 1. The van der Waals surface area contributed by atoms with Crippen LogP contribution >= 0.6 is 0 Å². The number of hydrogen-bond acceptors (Lipinski definition) is 8. The molecule has 0 radical (unpaired) electrons. The highest BCUT2D eigenvalue weighted by atomic mass is 19.4. The van der Waals surface area contributed by atoms with Crippen LogP contribution in [-0.4, -0.2) is 87.4 Å². The van der Waals surface area contributed by atoms with Crippen LogP contribution in [0.3, 0.4) is 0 Å². The molecule has 0 bridgehead atoms. The van der Waals surface area contributed by atoms with E-state index in [9.17, 15) is 18.0 Å². The van der Waals surface area contributed by atoms with Gasteiger partial charge in [-0.25, -0.2) is 4.98 Å². The maximum Gasteiger partial charge on any atom is 0.416 e. The molecule has 1 aromatic carbocycles. The monoisotopic (exact) mass is 680 g/mol. The van der Waals surface area contributed by atoms with Crippen molar-refractivity contribution in [1.29, 1.82) is 0 Å². The minimum atomic E-state index is -4.61.